The molecule has 118 valence electrons. The number of nitrogens with two attached hydrogens (primary N) is 1. The molecule has 2 unspecified atom stereocenters. The number of likely N-dealkylation sites (tertiary alicyclic amines) is 1. The van der Waals surface area contributed by atoms with E-state index in [1.54, 1.807) is 6.07 Å². The average molecular weight is 294 g/mol. The summed E-state index contributed by atoms with van der Waals surface area (Å²) in [6, 6.07) is 1.92. The zero-order valence-electron chi connectivity index (χ0n) is 13.3. The summed E-state index contributed by atoms with van der Waals surface area (Å²) in [7, 11) is 0. The summed E-state index contributed by atoms with van der Waals surface area (Å²) in [6.45, 7) is 10.3. The summed E-state index contributed by atoms with van der Waals surface area (Å²) in [5.41, 5.74) is 6.78. The first-order valence-corrected chi connectivity index (χ1v) is 7.50. The fourth-order valence-corrected chi connectivity index (χ4v) is 2.38. The smallest absolute Gasteiger partial charge is 0.240 e. The third-order valence-corrected chi connectivity index (χ3v) is 4.01. The summed E-state index contributed by atoms with van der Waals surface area (Å²) in [6.07, 6.45) is 1.03. The Hall–Kier alpha value is -1.40. The largest absolute Gasteiger partial charge is 0.338 e. The molecule has 2 heterocycles. The van der Waals surface area contributed by atoms with Crippen LogP contribution < -0.4 is 11.1 Å². The number of nitrogens with one attached hydrogen (secondary N) is 1. The highest BCUT2D eigenvalue weighted by atomic mass is 16.5. The van der Waals surface area contributed by atoms with Crippen LogP contribution in [0, 0.1) is 5.92 Å². The fourth-order valence-electron chi connectivity index (χ4n) is 2.38. The third kappa shape index (κ3) is 4.28. The molecule has 0 radical (unpaired) electrons. The van der Waals surface area contributed by atoms with Crippen LogP contribution in [0.15, 0.2) is 10.6 Å². The molecule has 1 aromatic rings. The molecule has 1 aliphatic rings. The Kier molecular flexibility index (Phi) is 4.68. The minimum absolute atomic E-state index is 0.0895. The van der Waals surface area contributed by atoms with Crippen molar-refractivity contribution < 1.29 is 9.32 Å². The van der Waals surface area contributed by atoms with E-state index in [0.717, 1.165) is 25.2 Å². The van der Waals surface area contributed by atoms with E-state index < -0.39 is 0 Å². The second-order valence-corrected chi connectivity index (χ2v) is 7.04. The molecular formula is C15H26N4O2. The highest BCUT2D eigenvalue weighted by Crippen LogP contribution is 2.23. The molecule has 6 nitrogen and oxygen atoms in total. The van der Waals surface area contributed by atoms with Gasteiger partial charge in [0, 0.05) is 24.1 Å². The molecule has 21 heavy (non-hydrogen) atoms. The lowest BCUT2D eigenvalue weighted by Crippen LogP contribution is -2.49. The van der Waals surface area contributed by atoms with Gasteiger partial charge >= 0.3 is 0 Å². The SMILES string of the molecule is CC1CCN(CC(=O)Nc2cc(C(C)(C)C)no2)CC1N. The first kappa shape index (κ1) is 16.0. The second-order valence-electron chi connectivity index (χ2n) is 7.04. The first-order valence-electron chi connectivity index (χ1n) is 7.50. The number of aromatic nitrogens is 1. The van der Waals surface area contributed by atoms with Gasteiger partial charge in [-0.2, -0.15) is 0 Å². The number of hydrogen-bond acceptors (Lipinski definition) is 5. The number of carbonyl (C=O) groups excluding carboxylic acids is 1. The van der Waals surface area contributed by atoms with Crippen LogP contribution >= 0.6 is 0 Å². The Morgan fingerprint density at radius 1 is 1.57 bits per heavy atom. The number of hydrogen-bond donors (Lipinski definition) is 2. The van der Waals surface area contributed by atoms with Gasteiger partial charge < -0.3 is 10.3 Å². The lowest BCUT2D eigenvalue weighted by atomic mass is 9.92. The van der Waals surface area contributed by atoms with Gasteiger partial charge in [-0.3, -0.25) is 15.0 Å². The van der Waals surface area contributed by atoms with E-state index in [2.05, 4.69) is 22.3 Å². The minimum Gasteiger partial charge on any atom is -0.338 e. The molecule has 1 saturated heterocycles. The zero-order chi connectivity index (χ0) is 15.6. The highest BCUT2D eigenvalue weighted by molar-refractivity contribution is 5.91. The van der Waals surface area contributed by atoms with Crippen molar-refractivity contribution in [3.63, 3.8) is 0 Å². The molecule has 2 rings (SSSR count). The lowest BCUT2D eigenvalue weighted by Gasteiger charge is -2.34. The van der Waals surface area contributed by atoms with E-state index in [9.17, 15) is 4.79 Å². The van der Waals surface area contributed by atoms with Gasteiger partial charge in [0.05, 0.1) is 12.2 Å². The molecule has 0 saturated carbocycles. The number of rotatable bonds is 3. The summed E-state index contributed by atoms with van der Waals surface area (Å²) in [4.78, 5) is 14.1. The Labute approximate surface area is 126 Å². The maximum Gasteiger partial charge on any atom is 0.240 e. The van der Waals surface area contributed by atoms with Crippen LogP contribution in [0.1, 0.15) is 39.8 Å². The van der Waals surface area contributed by atoms with E-state index in [4.69, 9.17) is 10.3 Å². The Morgan fingerprint density at radius 2 is 2.29 bits per heavy atom. The Bertz CT molecular complexity index is 492. The van der Waals surface area contributed by atoms with Crippen molar-refractivity contribution in [2.75, 3.05) is 25.0 Å². The van der Waals surface area contributed by atoms with Gasteiger partial charge in [0.2, 0.25) is 11.8 Å². The van der Waals surface area contributed by atoms with Gasteiger partial charge in [0.15, 0.2) is 0 Å². The fraction of sp³-hybridized carbons (Fsp3) is 0.733. The molecule has 1 aliphatic heterocycles. The van der Waals surface area contributed by atoms with Crippen LogP contribution in [0.4, 0.5) is 5.88 Å². The van der Waals surface area contributed by atoms with Crippen molar-refractivity contribution >= 4 is 11.8 Å². The van der Waals surface area contributed by atoms with Crippen LogP contribution in [0.5, 0.6) is 0 Å². The van der Waals surface area contributed by atoms with Crippen LogP contribution in [-0.2, 0) is 10.2 Å². The monoisotopic (exact) mass is 294 g/mol. The maximum absolute atomic E-state index is 12.0. The molecule has 0 spiro atoms. The van der Waals surface area contributed by atoms with Gasteiger partial charge in [-0.25, -0.2) is 0 Å². The second kappa shape index (κ2) is 6.15. The molecule has 0 aromatic carbocycles. The Balaban J connectivity index is 1.86. The molecule has 6 heteroatoms. The van der Waals surface area contributed by atoms with Crippen molar-refractivity contribution in [1.29, 1.82) is 0 Å². The molecule has 1 fully saturated rings. The van der Waals surface area contributed by atoms with E-state index in [1.807, 2.05) is 20.8 Å². The molecule has 2 atom stereocenters. The van der Waals surface area contributed by atoms with Crippen LogP contribution in [0.2, 0.25) is 0 Å². The van der Waals surface area contributed by atoms with Gasteiger partial charge in [-0.15, -0.1) is 0 Å². The number of nitrogens with zero attached hydrogens (tertiary/aromatic N) is 2. The average Bonchev–Trinajstić information content (AvgIpc) is 2.82. The molecule has 0 aliphatic carbocycles. The molecule has 1 aromatic heterocycles. The molecule has 3 N–H and O–H groups in total. The summed E-state index contributed by atoms with van der Waals surface area (Å²) in [5, 5.41) is 6.74. The summed E-state index contributed by atoms with van der Waals surface area (Å²) >= 11 is 0. The quantitative estimate of drug-likeness (QED) is 0.884. The molecular weight excluding hydrogens is 268 g/mol. The lowest BCUT2D eigenvalue weighted by molar-refractivity contribution is -0.117. The van der Waals surface area contributed by atoms with E-state index >= 15 is 0 Å². The zero-order valence-corrected chi connectivity index (χ0v) is 13.3. The maximum atomic E-state index is 12.0. The van der Waals surface area contributed by atoms with Gasteiger partial charge in [-0.1, -0.05) is 32.9 Å². The van der Waals surface area contributed by atoms with Crippen LogP contribution in [0.25, 0.3) is 0 Å². The third-order valence-electron chi connectivity index (χ3n) is 4.01. The number of piperidine rings is 1. The van der Waals surface area contributed by atoms with Gasteiger partial charge in [-0.05, 0) is 18.9 Å². The van der Waals surface area contributed by atoms with Gasteiger partial charge in [0.1, 0.15) is 0 Å². The Morgan fingerprint density at radius 3 is 2.86 bits per heavy atom. The van der Waals surface area contributed by atoms with Crippen LogP contribution in [0.3, 0.4) is 0 Å². The minimum atomic E-state index is -0.0950. The van der Waals surface area contributed by atoms with E-state index in [1.165, 1.54) is 0 Å². The van der Waals surface area contributed by atoms with Crippen molar-refractivity contribution in [3.8, 4) is 0 Å². The van der Waals surface area contributed by atoms with Crippen molar-refractivity contribution in [2.45, 2.75) is 45.6 Å². The number of amides is 1. The predicted molar refractivity (Wildman–Crippen MR) is 82.0 cm³/mol. The summed E-state index contributed by atoms with van der Waals surface area (Å²) in [5.74, 6) is 0.834. The normalized spacial score (nSPS) is 24.0. The topological polar surface area (TPSA) is 84.4 Å². The van der Waals surface area contributed by atoms with E-state index in [0.29, 0.717) is 18.3 Å². The van der Waals surface area contributed by atoms with Gasteiger partial charge in [0.25, 0.3) is 0 Å². The van der Waals surface area contributed by atoms with Crippen molar-refractivity contribution in [2.24, 2.45) is 11.7 Å². The molecule has 0 bridgehead atoms. The highest BCUT2D eigenvalue weighted by Gasteiger charge is 2.25. The standard InChI is InChI=1S/C15H26N4O2/c1-10-5-6-19(8-11(10)16)9-13(20)17-14-7-12(18-21-14)15(2,3)4/h7,10-11H,5-6,8-9,16H2,1-4H3,(H,17,20). The van der Waals surface area contributed by atoms with Crippen LogP contribution in [-0.4, -0.2) is 41.6 Å². The number of anilines is 1. The summed E-state index contributed by atoms with van der Waals surface area (Å²) < 4.78 is 5.16. The van der Waals surface area contributed by atoms with E-state index in [-0.39, 0.29) is 17.4 Å². The van der Waals surface area contributed by atoms with Crippen molar-refractivity contribution in [1.82, 2.24) is 10.1 Å². The number of carbonyl (C=O) groups is 1. The molecule has 1 amide bonds. The van der Waals surface area contributed by atoms with Crippen molar-refractivity contribution in [3.05, 3.63) is 11.8 Å². The predicted octanol–water partition coefficient (Wildman–Crippen LogP) is 1.58. The first-order chi connectivity index (χ1) is 9.75.